The van der Waals surface area contributed by atoms with Gasteiger partial charge in [-0.15, -0.1) is 0 Å². The number of amides is 2. The lowest BCUT2D eigenvalue weighted by Gasteiger charge is -2.36. The van der Waals surface area contributed by atoms with Gasteiger partial charge in [0.2, 0.25) is 0 Å². The molecular weight excluding hydrogens is 312 g/mol. The summed E-state index contributed by atoms with van der Waals surface area (Å²) >= 11 is 6.31. The second-order valence-electron chi connectivity index (χ2n) is 6.35. The number of hydrogen-bond donors (Lipinski definition) is 1. The second kappa shape index (κ2) is 8.55. The molecule has 23 heavy (non-hydrogen) atoms. The molecule has 1 atom stereocenters. The van der Waals surface area contributed by atoms with Crippen molar-refractivity contribution >= 4 is 23.3 Å². The fraction of sp³-hybridized carbons (Fsp3) is 0.611. The van der Waals surface area contributed by atoms with Gasteiger partial charge in [0.15, 0.2) is 0 Å². The molecule has 0 aromatic heterocycles. The Morgan fingerprint density at radius 1 is 1.39 bits per heavy atom. The number of carbonyl (C=O) groups excluding carboxylic acids is 1. The minimum Gasteiger partial charge on any atom is -0.385 e. The molecule has 2 amide bonds. The van der Waals surface area contributed by atoms with Crippen molar-refractivity contribution in [3.05, 3.63) is 28.3 Å². The summed E-state index contributed by atoms with van der Waals surface area (Å²) in [6.07, 6.45) is 5.29. The van der Waals surface area contributed by atoms with Gasteiger partial charge in [-0.25, -0.2) is 4.79 Å². The van der Waals surface area contributed by atoms with E-state index in [2.05, 4.69) is 5.32 Å². The third-order valence-electron chi connectivity index (χ3n) is 4.44. The SMILES string of the molecule is COCCCC1CCCCN1C(=O)Nc1c(C)cc(C)cc1Cl. The number of benzene rings is 1. The summed E-state index contributed by atoms with van der Waals surface area (Å²) in [5, 5.41) is 3.62. The molecule has 1 fully saturated rings. The van der Waals surface area contributed by atoms with E-state index in [-0.39, 0.29) is 6.03 Å². The van der Waals surface area contributed by atoms with E-state index in [9.17, 15) is 4.79 Å². The van der Waals surface area contributed by atoms with E-state index in [1.165, 1.54) is 6.42 Å². The zero-order valence-electron chi connectivity index (χ0n) is 14.3. The summed E-state index contributed by atoms with van der Waals surface area (Å²) in [5.41, 5.74) is 2.82. The van der Waals surface area contributed by atoms with E-state index in [4.69, 9.17) is 16.3 Å². The number of nitrogens with one attached hydrogen (secondary N) is 1. The number of carbonyl (C=O) groups is 1. The van der Waals surface area contributed by atoms with Crippen molar-refractivity contribution < 1.29 is 9.53 Å². The molecule has 1 saturated heterocycles. The number of urea groups is 1. The minimum atomic E-state index is -0.0408. The largest absolute Gasteiger partial charge is 0.385 e. The van der Waals surface area contributed by atoms with E-state index in [1.807, 2.05) is 30.9 Å². The molecule has 1 unspecified atom stereocenters. The Morgan fingerprint density at radius 3 is 2.87 bits per heavy atom. The van der Waals surface area contributed by atoms with E-state index in [0.29, 0.717) is 11.1 Å². The third kappa shape index (κ3) is 4.85. The van der Waals surface area contributed by atoms with Gasteiger partial charge in [0.25, 0.3) is 0 Å². The predicted octanol–water partition coefficient (Wildman–Crippen LogP) is 4.77. The fourth-order valence-corrected chi connectivity index (χ4v) is 3.65. The number of anilines is 1. The highest BCUT2D eigenvalue weighted by molar-refractivity contribution is 6.34. The van der Waals surface area contributed by atoms with Gasteiger partial charge < -0.3 is 15.0 Å². The van der Waals surface area contributed by atoms with Crippen LogP contribution in [0.1, 0.15) is 43.2 Å². The number of halogens is 1. The lowest BCUT2D eigenvalue weighted by Crippen LogP contribution is -2.46. The molecule has 1 aromatic carbocycles. The summed E-state index contributed by atoms with van der Waals surface area (Å²) in [6, 6.07) is 4.17. The third-order valence-corrected chi connectivity index (χ3v) is 4.74. The van der Waals surface area contributed by atoms with Gasteiger partial charge in [0.05, 0.1) is 10.7 Å². The van der Waals surface area contributed by atoms with Crippen molar-refractivity contribution in [2.24, 2.45) is 0 Å². The molecule has 4 nitrogen and oxygen atoms in total. The zero-order valence-corrected chi connectivity index (χ0v) is 15.1. The highest BCUT2D eigenvalue weighted by atomic mass is 35.5. The van der Waals surface area contributed by atoms with Crippen molar-refractivity contribution in [3.8, 4) is 0 Å². The minimum absolute atomic E-state index is 0.0408. The van der Waals surface area contributed by atoms with Gasteiger partial charge >= 0.3 is 6.03 Å². The lowest BCUT2D eigenvalue weighted by atomic mass is 9.98. The maximum atomic E-state index is 12.7. The number of hydrogen-bond acceptors (Lipinski definition) is 2. The molecule has 0 saturated carbocycles. The van der Waals surface area contributed by atoms with Crippen molar-refractivity contribution in [3.63, 3.8) is 0 Å². The molecule has 0 bridgehead atoms. The van der Waals surface area contributed by atoms with Crippen molar-refractivity contribution in [2.45, 2.75) is 52.0 Å². The molecule has 0 spiro atoms. The Kier molecular flexibility index (Phi) is 6.72. The molecule has 5 heteroatoms. The maximum absolute atomic E-state index is 12.7. The number of rotatable bonds is 5. The Balaban J connectivity index is 2.05. The predicted molar refractivity (Wildman–Crippen MR) is 95.4 cm³/mol. The topological polar surface area (TPSA) is 41.6 Å². The number of likely N-dealkylation sites (tertiary alicyclic amines) is 1. The summed E-state index contributed by atoms with van der Waals surface area (Å²) in [4.78, 5) is 14.7. The highest BCUT2D eigenvalue weighted by Crippen LogP contribution is 2.29. The van der Waals surface area contributed by atoms with Crippen molar-refractivity contribution in [2.75, 3.05) is 25.6 Å². The molecule has 2 rings (SSSR count). The molecule has 1 N–H and O–H groups in total. The molecule has 1 heterocycles. The average molecular weight is 339 g/mol. The van der Waals surface area contributed by atoms with Crippen molar-refractivity contribution in [1.29, 1.82) is 0 Å². The van der Waals surface area contributed by atoms with Crippen LogP contribution in [-0.4, -0.2) is 37.2 Å². The van der Waals surface area contributed by atoms with Gasteiger partial charge in [-0.2, -0.15) is 0 Å². The highest BCUT2D eigenvalue weighted by Gasteiger charge is 2.27. The van der Waals surface area contributed by atoms with Gasteiger partial charge in [-0.05, 0) is 63.1 Å². The van der Waals surface area contributed by atoms with Crippen LogP contribution in [0.3, 0.4) is 0 Å². The number of aryl methyl sites for hydroxylation is 2. The normalized spacial score (nSPS) is 18.1. The fourth-order valence-electron chi connectivity index (χ4n) is 3.28. The monoisotopic (exact) mass is 338 g/mol. The van der Waals surface area contributed by atoms with Crippen LogP contribution in [0, 0.1) is 13.8 Å². The van der Waals surface area contributed by atoms with Gasteiger partial charge in [-0.3, -0.25) is 0 Å². The quantitative estimate of drug-likeness (QED) is 0.786. The van der Waals surface area contributed by atoms with Crippen LogP contribution < -0.4 is 5.32 Å². The Morgan fingerprint density at radius 2 is 2.17 bits per heavy atom. The second-order valence-corrected chi connectivity index (χ2v) is 6.75. The van der Waals surface area contributed by atoms with E-state index in [0.717, 1.165) is 55.6 Å². The van der Waals surface area contributed by atoms with Crippen LogP contribution in [-0.2, 0) is 4.74 Å². The first-order chi connectivity index (χ1) is 11.0. The first-order valence-corrected chi connectivity index (χ1v) is 8.74. The summed E-state index contributed by atoms with van der Waals surface area (Å²) < 4.78 is 5.13. The smallest absolute Gasteiger partial charge is 0.322 e. The van der Waals surface area contributed by atoms with Gasteiger partial charge in [-0.1, -0.05) is 17.7 Å². The molecular formula is C18H27ClN2O2. The molecule has 0 radical (unpaired) electrons. The van der Waals surface area contributed by atoms with E-state index < -0.39 is 0 Å². The first kappa shape index (κ1) is 18.1. The first-order valence-electron chi connectivity index (χ1n) is 8.36. The zero-order chi connectivity index (χ0) is 16.8. The standard InChI is InChI=1S/C18H27ClN2O2/c1-13-11-14(2)17(16(19)12-13)20-18(22)21-9-5-4-7-15(21)8-6-10-23-3/h11-12,15H,4-10H2,1-3H3,(H,20,22). The number of ether oxygens (including phenoxy) is 1. The van der Waals surface area contributed by atoms with Gasteiger partial charge in [0, 0.05) is 26.3 Å². The molecule has 1 aromatic rings. The molecule has 1 aliphatic rings. The Bertz CT molecular complexity index is 525. The van der Waals surface area contributed by atoms with E-state index >= 15 is 0 Å². The van der Waals surface area contributed by atoms with Crippen LogP contribution in [0.5, 0.6) is 0 Å². The Hall–Kier alpha value is -1.26. The molecule has 1 aliphatic heterocycles. The van der Waals surface area contributed by atoms with Crippen LogP contribution >= 0.6 is 11.6 Å². The number of nitrogens with zero attached hydrogens (tertiary/aromatic N) is 1. The summed E-state index contributed by atoms with van der Waals surface area (Å²) in [5.74, 6) is 0. The summed E-state index contributed by atoms with van der Waals surface area (Å²) in [7, 11) is 1.72. The van der Waals surface area contributed by atoms with E-state index in [1.54, 1.807) is 7.11 Å². The molecule has 0 aliphatic carbocycles. The lowest BCUT2D eigenvalue weighted by molar-refractivity contribution is 0.141. The van der Waals surface area contributed by atoms with Crippen LogP contribution in [0.15, 0.2) is 12.1 Å². The average Bonchev–Trinajstić information content (AvgIpc) is 2.51. The summed E-state index contributed by atoms with van der Waals surface area (Å²) in [6.45, 7) is 5.53. The van der Waals surface area contributed by atoms with Gasteiger partial charge in [0.1, 0.15) is 0 Å². The molecule has 128 valence electrons. The van der Waals surface area contributed by atoms with Crippen molar-refractivity contribution in [1.82, 2.24) is 4.90 Å². The Labute approximate surface area is 144 Å². The van der Waals surface area contributed by atoms with Crippen LogP contribution in [0.25, 0.3) is 0 Å². The maximum Gasteiger partial charge on any atom is 0.322 e. The van der Waals surface area contributed by atoms with Crippen LogP contribution in [0.2, 0.25) is 5.02 Å². The van der Waals surface area contributed by atoms with Crippen LogP contribution in [0.4, 0.5) is 10.5 Å². The number of methoxy groups -OCH3 is 1. The number of piperidine rings is 1.